The summed E-state index contributed by atoms with van der Waals surface area (Å²) in [7, 11) is 0. The molecule has 1 N–H and O–H groups in total. The summed E-state index contributed by atoms with van der Waals surface area (Å²) in [5.41, 5.74) is 0. The largest absolute Gasteiger partial charge is 0.345 e. The van der Waals surface area contributed by atoms with Crippen LogP contribution in [0.2, 0.25) is 0 Å². The highest BCUT2D eigenvalue weighted by Crippen LogP contribution is 2.38. The van der Waals surface area contributed by atoms with Gasteiger partial charge in [0.25, 0.3) is 0 Å². The van der Waals surface area contributed by atoms with Gasteiger partial charge in [0.05, 0.1) is 0 Å². The van der Waals surface area contributed by atoms with Crippen molar-refractivity contribution < 1.29 is 0 Å². The van der Waals surface area contributed by atoms with E-state index in [0.717, 1.165) is 25.0 Å². The number of nitrogens with zero attached hydrogens (tertiary/aromatic N) is 2. The number of hydrogen-bond acceptors (Lipinski definition) is 4. The zero-order valence-electron chi connectivity index (χ0n) is 12.6. The second kappa shape index (κ2) is 6.90. The number of nitrogens with one attached hydrogen (secondary N) is 1. The van der Waals surface area contributed by atoms with Gasteiger partial charge < -0.3 is 10.2 Å². The van der Waals surface area contributed by atoms with Crippen molar-refractivity contribution in [1.82, 2.24) is 10.3 Å². The molecule has 1 aromatic rings. The SMILES string of the molecule is CCCNCc1cnc(N2CCC[C@H]3CCCC[C@H]32)s1. The first kappa shape index (κ1) is 14.3. The highest BCUT2D eigenvalue weighted by atomic mass is 32.1. The summed E-state index contributed by atoms with van der Waals surface area (Å²) in [6, 6.07) is 0.778. The highest BCUT2D eigenvalue weighted by Gasteiger charge is 2.34. The minimum absolute atomic E-state index is 0.778. The van der Waals surface area contributed by atoms with E-state index in [0.29, 0.717) is 0 Å². The molecule has 2 aliphatic rings. The Labute approximate surface area is 126 Å². The molecule has 20 heavy (non-hydrogen) atoms. The third-order valence-electron chi connectivity index (χ3n) is 4.76. The van der Waals surface area contributed by atoms with Gasteiger partial charge in [0.15, 0.2) is 5.13 Å². The quantitative estimate of drug-likeness (QED) is 0.837. The number of piperidine rings is 1. The lowest BCUT2D eigenvalue weighted by Gasteiger charge is -2.44. The van der Waals surface area contributed by atoms with Gasteiger partial charge in [-0.2, -0.15) is 0 Å². The van der Waals surface area contributed by atoms with E-state index in [2.05, 4.69) is 23.3 Å². The zero-order valence-corrected chi connectivity index (χ0v) is 13.4. The fourth-order valence-corrected chi connectivity index (χ4v) is 4.73. The lowest BCUT2D eigenvalue weighted by molar-refractivity contribution is 0.243. The molecule has 3 rings (SSSR count). The van der Waals surface area contributed by atoms with Crippen LogP contribution in [-0.4, -0.2) is 24.1 Å². The van der Waals surface area contributed by atoms with Gasteiger partial charge in [-0.1, -0.05) is 19.8 Å². The van der Waals surface area contributed by atoms with Gasteiger partial charge in [-0.25, -0.2) is 4.98 Å². The van der Waals surface area contributed by atoms with Crippen LogP contribution in [0.15, 0.2) is 6.20 Å². The molecule has 1 saturated carbocycles. The Hall–Kier alpha value is -0.610. The molecule has 1 aromatic heterocycles. The fraction of sp³-hybridized carbons (Fsp3) is 0.812. The lowest BCUT2D eigenvalue weighted by Crippen LogP contribution is -2.46. The molecular formula is C16H27N3S. The molecule has 112 valence electrons. The van der Waals surface area contributed by atoms with Crippen LogP contribution >= 0.6 is 11.3 Å². The topological polar surface area (TPSA) is 28.2 Å². The van der Waals surface area contributed by atoms with Crippen molar-refractivity contribution in [2.75, 3.05) is 18.0 Å². The predicted octanol–water partition coefficient (Wildman–Crippen LogP) is 3.80. The van der Waals surface area contributed by atoms with Crippen LogP contribution in [0.4, 0.5) is 5.13 Å². The van der Waals surface area contributed by atoms with E-state index in [1.165, 1.54) is 61.5 Å². The fourth-order valence-electron chi connectivity index (χ4n) is 3.76. The number of anilines is 1. The van der Waals surface area contributed by atoms with Crippen molar-refractivity contribution in [3.8, 4) is 0 Å². The smallest absolute Gasteiger partial charge is 0.185 e. The second-order valence-electron chi connectivity index (χ2n) is 6.23. The third kappa shape index (κ3) is 3.17. The maximum Gasteiger partial charge on any atom is 0.185 e. The van der Waals surface area contributed by atoms with Gasteiger partial charge in [0.2, 0.25) is 0 Å². The van der Waals surface area contributed by atoms with E-state index in [1.54, 1.807) is 0 Å². The Morgan fingerprint density at radius 1 is 1.30 bits per heavy atom. The molecule has 2 fully saturated rings. The normalized spacial score (nSPS) is 26.6. The molecular weight excluding hydrogens is 266 g/mol. The van der Waals surface area contributed by atoms with Crippen molar-refractivity contribution >= 4 is 16.5 Å². The standard InChI is InChI=1S/C16H27N3S/c1-2-9-17-11-14-12-18-16(20-14)19-10-5-7-13-6-3-4-8-15(13)19/h12-13,15,17H,2-11H2,1H3/t13-,15-/m1/s1. The first-order valence-corrected chi connectivity index (χ1v) is 9.12. The van der Waals surface area contributed by atoms with Crippen LogP contribution in [0.25, 0.3) is 0 Å². The molecule has 0 amide bonds. The maximum atomic E-state index is 4.71. The zero-order chi connectivity index (χ0) is 13.8. The van der Waals surface area contributed by atoms with E-state index >= 15 is 0 Å². The van der Waals surface area contributed by atoms with Gasteiger partial charge in [-0.3, -0.25) is 0 Å². The van der Waals surface area contributed by atoms with Crippen molar-refractivity contribution in [2.24, 2.45) is 5.92 Å². The van der Waals surface area contributed by atoms with Crippen LogP contribution in [0, 0.1) is 5.92 Å². The van der Waals surface area contributed by atoms with Crippen LogP contribution in [-0.2, 0) is 6.54 Å². The van der Waals surface area contributed by atoms with Crippen LogP contribution in [0.1, 0.15) is 56.7 Å². The van der Waals surface area contributed by atoms with Crippen LogP contribution < -0.4 is 10.2 Å². The number of thiazole rings is 1. The molecule has 0 radical (unpaired) electrons. The molecule has 0 unspecified atom stereocenters. The molecule has 0 spiro atoms. The van der Waals surface area contributed by atoms with Crippen LogP contribution in [0.5, 0.6) is 0 Å². The number of fused-ring (bicyclic) bond motifs is 1. The molecule has 1 saturated heterocycles. The Balaban J connectivity index is 1.65. The van der Waals surface area contributed by atoms with Crippen molar-refractivity contribution in [3.05, 3.63) is 11.1 Å². The molecule has 3 nitrogen and oxygen atoms in total. The van der Waals surface area contributed by atoms with Gasteiger partial charge in [-0.15, -0.1) is 11.3 Å². The van der Waals surface area contributed by atoms with Gasteiger partial charge >= 0.3 is 0 Å². The first-order chi connectivity index (χ1) is 9.88. The first-order valence-electron chi connectivity index (χ1n) is 8.30. The number of aromatic nitrogens is 1. The maximum absolute atomic E-state index is 4.71. The van der Waals surface area contributed by atoms with E-state index in [1.807, 2.05) is 11.3 Å². The third-order valence-corrected chi connectivity index (χ3v) is 5.79. The molecule has 2 atom stereocenters. The summed E-state index contributed by atoms with van der Waals surface area (Å²) in [5, 5.41) is 4.75. The van der Waals surface area contributed by atoms with Gasteiger partial charge in [0, 0.05) is 30.2 Å². The summed E-state index contributed by atoms with van der Waals surface area (Å²) < 4.78 is 0. The average molecular weight is 293 g/mol. The van der Waals surface area contributed by atoms with Crippen molar-refractivity contribution in [3.63, 3.8) is 0 Å². The summed E-state index contributed by atoms with van der Waals surface area (Å²) in [5.74, 6) is 0.933. The molecule has 0 bridgehead atoms. The molecule has 4 heteroatoms. The van der Waals surface area contributed by atoms with Gasteiger partial charge in [0.1, 0.15) is 0 Å². The van der Waals surface area contributed by atoms with E-state index in [-0.39, 0.29) is 0 Å². The van der Waals surface area contributed by atoms with Crippen molar-refractivity contribution in [2.45, 2.75) is 64.5 Å². The van der Waals surface area contributed by atoms with Crippen molar-refractivity contribution in [1.29, 1.82) is 0 Å². The number of rotatable bonds is 5. The second-order valence-corrected chi connectivity index (χ2v) is 7.33. The summed E-state index contributed by atoms with van der Waals surface area (Å²) in [6.45, 7) is 5.51. The summed E-state index contributed by atoms with van der Waals surface area (Å²) in [4.78, 5) is 8.72. The molecule has 0 aromatic carbocycles. The molecule has 1 aliphatic heterocycles. The monoisotopic (exact) mass is 293 g/mol. The minimum Gasteiger partial charge on any atom is -0.345 e. The molecule has 2 heterocycles. The van der Waals surface area contributed by atoms with Gasteiger partial charge in [-0.05, 0) is 44.6 Å². The summed E-state index contributed by atoms with van der Waals surface area (Å²) >= 11 is 1.90. The predicted molar refractivity (Wildman–Crippen MR) is 86.4 cm³/mol. The van der Waals surface area contributed by atoms with E-state index in [4.69, 9.17) is 4.98 Å². The Kier molecular flexibility index (Phi) is 4.94. The Bertz CT molecular complexity index is 416. The minimum atomic E-state index is 0.778. The average Bonchev–Trinajstić information content (AvgIpc) is 2.96. The van der Waals surface area contributed by atoms with E-state index in [9.17, 15) is 0 Å². The highest BCUT2D eigenvalue weighted by molar-refractivity contribution is 7.15. The Morgan fingerprint density at radius 3 is 3.05 bits per heavy atom. The molecule has 1 aliphatic carbocycles. The van der Waals surface area contributed by atoms with E-state index < -0.39 is 0 Å². The number of hydrogen-bond donors (Lipinski definition) is 1. The Morgan fingerprint density at radius 2 is 2.15 bits per heavy atom. The summed E-state index contributed by atoms with van der Waals surface area (Å²) in [6.07, 6.45) is 11.7. The van der Waals surface area contributed by atoms with Crippen LogP contribution in [0.3, 0.4) is 0 Å². The lowest BCUT2D eigenvalue weighted by atomic mass is 9.78.